The van der Waals surface area contributed by atoms with Crippen LogP contribution in [0.1, 0.15) is 33.1 Å². The van der Waals surface area contributed by atoms with E-state index < -0.39 is 12.0 Å². The molecule has 16 heavy (non-hydrogen) atoms. The van der Waals surface area contributed by atoms with E-state index in [1.54, 1.807) is 0 Å². The van der Waals surface area contributed by atoms with E-state index in [-0.39, 0.29) is 5.91 Å². The summed E-state index contributed by atoms with van der Waals surface area (Å²) in [7, 11) is 0. The summed E-state index contributed by atoms with van der Waals surface area (Å²) in [5.74, 6) is -1.26. The van der Waals surface area contributed by atoms with Crippen LogP contribution in [0.5, 0.6) is 0 Å². The minimum absolute atomic E-state index is 0.294. The van der Waals surface area contributed by atoms with Crippen LogP contribution in [-0.4, -0.2) is 47.1 Å². The zero-order valence-electron chi connectivity index (χ0n) is 9.90. The van der Waals surface area contributed by atoms with Crippen molar-refractivity contribution < 1.29 is 14.7 Å². The fourth-order valence-electron chi connectivity index (χ4n) is 2.09. The average molecular weight is 228 g/mol. The smallest absolute Gasteiger partial charge is 0.327 e. The molecule has 0 spiro atoms. The van der Waals surface area contributed by atoms with Gasteiger partial charge in [0.25, 0.3) is 0 Å². The zero-order chi connectivity index (χ0) is 12.1. The van der Waals surface area contributed by atoms with Crippen molar-refractivity contribution in [2.24, 2.45) is 0 Å². The second kappa shape index (κ2) is 5.84. The summed E-state index contributed by atoms with van der Waals surface area (Å²) in [6.07, 6.45) is 3.42. The Labute approximate surface area is 95.8 Å². The summed E-state index contributed by atoms with van der Waals surface area (Å²) in [5, 5.41) is 11.5. The standard InChI is InChI=1S/C11H20N2O3/c1-8-5-3-4-6-13(8)7-10(11(15)16)12-9(2)14/h8,10H,3-7H2,1-2H3,(H,12,14)(H,15,16). The maximum atomic E-state index is 11.0. The van der Waals surface area contributed by atoms with Gasteiger partial charge >= 0.3 is 5.97 Å². The fraction of sp³-hybridized carbons (Fsp3) is 0.818. The number of amides is 1. The van der Waals surface area contributed by atoms with Gasteiger partial charge in [-0.2, -0.15) is 0 Å². The van der Waals surface area contributed by atoms with E-state index in [1.165, 1.54) is 13.3 Å². The van der Waals surface area contributed by atoms with Gasteiger partial charge in [0.15, 0.2) is 0 Å². The van der Waals surface area contributed by atoms with Gasteiger partial charge in [0, 0.05) is 19.5 Å². The predicted molar refractivity (Wildman–Crippen MR) is 60.1 cm³/mol. The molecular formula is C11H20N2O3. The Morgan fingerprint density at radius 2 is 2.19 bits per heavy atom. The Morgan fingerprint density at radius 3 is 2.69 bits per heavy atom. The number of carboxylic acid groups (broad SMARTS) is 1. The molecule has 2 unspecified atom stereocenters. The van der Waals surface area contributed by atoms with E-state index in [0.717, 1.165) is 19.4 Å². The van der Waals surface area contributed by atoms with E-state index >= 15 is 0 Å². The Kier molecular flexibility index (Phi) is 4.73. The van der Waals surface area contributed by atoms with Gasteiger partial charge in [-0.3, -0.25) is 9.69 Å². The summed E-state index contributed by atoms with van der Waals surface area (Å²) >= 11 is 0. The molecule has 0 aliphatic carbocycles. The van der Waals surface area contributed by atoms with Gasteiger partial charge in [-0.1, -0.05) is 6.42 Å². The van der Waals surface area contributed by atoms with Gasteiger partial charge in [-0.25, -0.2) is 4.79 Å². The first-order valence-corrected chi connectivity index (χ1v) is 5.74. The highest BCUT2D eigenvalue weighted by Crippen LogP contribution is 2.16. The number of hydrogen-bond acceptors (Lipinski definition) is 3. The lowest BCUT2D eigenvalue weighted by Gasteiger charge is -2.34. The lowest BCUT2D eigenvalue weighted by Crippen LogP contribution is -2.51. The van der Waals surface area contributed by atoms with Gasteiger partial charge in [0.1, 0.15) is 6.04 Å². The number of carbonyl (C=O) groups excluding carboxylic acids is 1. The van der Waals surface area contributed by atoms with Crippen LogP contribution in [0.2, 0.25) is 0 Å². The van der Waals surface area contributed by atoms with Crippen LogP contribution < -0.4 is 5.32 Å². The average Bonchev–Trinajstić information content (AvgIpc) is 2.19. The molecule has 0 aromatic heterocycles. The number of nitrogens with one attached hydrogen (secondary N) is 1. The molecule has 92 valence electrons. The summed E-state index contributed by atoms with van der Waals surface area (Å²) < 4.78 is 0. The molecule has 0 aromatic carbocycles. The van der Waals surface area contributed by atoms with Crippen LogP contribution in [0.3, 0.4) is 0 Å². The predicted octanol–water partition coefficient (Wildman–Crippen LogP) is 0.450. The summed E-state index contributed by atoms with van der Waals surface area (Å²) in [6.45, 7) is 4.77. The van der Waals surface area contributed by atoms with Crippen LogP contribution in [0.4, 0.5) is 0 Å². The number of carbonyl (C=O) groups is 2. The summed E-state index contributed by atoms with van der Waals surface area (Å²) in [5.41, 5.74) is 0. The lowest BCUT2D eigenvalue weighted by molar-refractivity contribution is -0.142. The normalized spacial score (nSPS) is 23.8. The second-order valence-electron chi connectivity index (χ2n) is 4.43. The van der Waals surface area contributed by atoms with Crippen molar-refractivity contribution in [3.63, 3.8) is 0 Å². The number of likely N-dealkylation sites (tertiary alicyclic amines) is 1. The largest absolute Gasteiger partial charge is 0.480 e. The number of hydrogen-bond donors (Lipinski definition) is 2. The fourth-order valence-corrected chi connectivity index (χ4v) is 2.09. The van der Waals surface area contributed by atoms with Gasteiger partial charge in [-0.05, 0) is 26.3 Å². The molecule has 0 radical (unpaired) electrons. The topological polar surface area (TPSA) is 69.6 Å². The highest BCUT2D eigenvalue weighted by Gasteiger charge is 2.26. The molecule has 0 aromatic rings. The van der Waals surface area contributed by atoms with Crippen LogP contribution in [0.25, 0.3) is 0 Å². The minimum Gasteiger partial charge on any atom is -0.480 e. The van der Waals surface area contributed by atoms with Gasteiger partial charge in [0.2, 0.25) is 5.91 Å². The molecule has 5 heteroatoms. The molecule has 1 aliphatic rings. The van der Waals surface area contributed by atoms with Crippen LogP contribution in [0, 0.1) is 0 Å². The third-order valence-corrected chi connectivity index (χ3v) is 3.03. The van der Waals surface area contributed by atoms with Crippen molar-refractivity contribution >= 4 is 11.9 Å². The van der Waals surface area contributed by atoms with E-state index in [4.69, 9.17) is 5.11 Å². The number of aliphatic carboxylic acids is 1. The van der Waals surface area contributed by atoms with Crippen molar-refractivity contribution in [3.05, 3.63) is 0 Å². The van der Waals surface area contributed by atoms with E-state index in [1.807, 2.05) is 0 Å². The minimum atomic E-state index is -0.965. The summed E-state index contributed by atoms with van der Waals surface area (Å²) in [4.78, 5) is 24.0. The molecular weight excluding hydrogens is 208 g/mol. The quantitative estimate of drug-likeness (QED) is 0.733. The maximum Gasteiger partial charge on any atom is 0.327 e. The highest BCUT2D eigenvalue weighted by atomic mass is 16.4. The number of rotatable bonds is 4. The summed E-state index contributed by atoms with van der Waals surface area (Å²) in [6, 6.07) is -0.387. The van der Waals surface area contributed by atoms with E-state index in [9.17, 15) is 9.59 Å². The van der Waals surface area contributed by atoms with Crippen molar-refractivity contribution in [1.82, 2.24) is 10.2 Å². The van der Waals surface area contributed by atoms with Crippen molar-refractivity contribution in [3.8, 4) is 0 Å². The third kappa shape index (κ3) is 3.81. The van der Waals surface area contributed by atoms with Gasteiger partial charge < -0.3 is 10.4 Å². The van der Waals surface area contributed by atoms with E-state index in [0.29, 0.717) is 12.6 Å². The zero-order valence-corrected chi connectivity index (χ0v) is 9.90. The Hall–Kier alpha value is -1.10. The van der Waals surface area contributed by atoms with E-state index in [2.05, 4.69) is 17.1 Å². The SMILES string of the molecule is CC(=O)NC(CN1CCCCC1C)C(=O)O. The lowest BCUT2D eigenvalue weighted by atomic mass is 10.0. The molecule has 5 nitrogen and oxygen atoms in total. The van der Waals surface area contributed by atoms with Crippen molar-refractivity contribution in [2.75, 3.05) is 13.1 Å². The van der Waals surface area contributed by atoms with Crippen molar-refractivity contribution in [1.29, 1.82) is 0 Å². The molecule has 0 saturated carbocycles. The van der Waals surface area contributed by atoms with Crippen LogP contribution >= 0.6 is 0 Å². The molecule has 2 N–H and O–H groups in total. The molecule has 1 saturated heterocycles. The Morgan fingerprint density at radius 1 is 1.50 bits per heavy atom. The molecule has 1 amide bonds. The van der Waals surface area contributed by atoms with Crippen LogP contribution in [0.15, 0.2) is 0 Å². The maximum absolute atomic E-state index is 11.0. The van der Waals surface area contributed by atoms with Crippen LogP contribution in [-0.2, 0) is 9.59 Å². The first kappa shape index (κ1) is 13.0. The number of nitrogens with zero attached hydrogens (tertiary/aromatic N) is 1. The first-order valence-electron chi connectivity index (χ1n) is 5.74. The molecule has 2 atom stereocenters. The van der Waals surface area contributed by atoms with Gasteiger partial charge in [-0.15, -0.1) is 0 Å². The van der Waals surface area contributed by atoms with Crippen molar-refractivity contribution in [2.45, 2.75) is 45.2 Å². The first-order chi connectivity index (χ1) is 7.50. The second-order valence-corrected chi connectivity index (χ2v) is 4.43. The number of piperidine rings is 1. The molecule has 0 bridgehead atoms. The Bertz CT molecular complexity index is 268. The Balaban J connectivity index is 2.52. The highest BCUT2D eigenvalue weighted by molar-refractivity contribution is 5.82. The molecule has 1 rings (SSSR count). The molecule has 1 heterocycles. The molecule has 1 fully saturated rings. The number of carboxylic acids is 1. The molecule has 1 aliphatic heterocycles. The third-order valence-electron chi connectivity index (χ3n) is 3.03. The van der Waals surface area contributed by atoms with Gasteiger partial charge in [0.05, 0.1) is 0 Å². The monoisotopic (exact) mass is 228 g/mol.